The van der Waals surface area contributed by atoms with E-state index in [4.69, 9.17) is 18.0 Å². The minimum atomic E-state index is 0.417. The molecule has 2 aromatic rings. The summed E-state index contributed by atoms with van der Waals surface area (Å²) in [5, 5.41) is 0. The summed E-state index contributed by atoms with van der Waals surface area (Å²) < 4.78 is 1.01. The van der Waals surface area contributed by atoms with E-state index in [-0.39, 0.29) is 0 Å². The molecule has 0 aliphatic carbocycles. The number of anilines is 1. The van der Waals surface area contributed by atoms with Crippen LogP contribution in [0.15, 0.2) is 47.2 Å². The van der Waals surface area contributed by atoms with Crippen molar-refractivity contribution in [2.24, 2.45) is 5.73 Å². The third-order valence-electron chi connectivity index (χ3n) is 3.07. The maximum Gasteiger partial charge on any atom is 0.106 e. The number of halogens is 1. The summed E-state index contributed by atoms with van der Waals surface area (Å²) in [5.74, 6) is 0. The predicted octanol–water partition coefficient (Wildman–Crippen LogP) is 3.50. The second kappa shape index (κ2) is 6.81. The van der Waals surface area contributed by atoms with Crippen molar-refractivity contribution in [2.75, 3.05) is 11.4 Å². The molecule has 0 atom stereocenters. The maximum atomic E-state index is 5.83. The Kier molecular flexibility index (Phi) is 5.09. The van der Waals surface area contributed by atoms with Crippen molar-refractivity contribution in [1.82, 2.24) is 4.98 Å². The molecule has 0 radical (unpaired) electrons. The zero-order valence-electron chi connectivity index (χ0n) is 11.2. The van der Waals surface area contributed by atoms with E-state index in [1.807, 2.05) is 24.3 Å². The normalized spacial score (nSPS) is 10.3. The van der Waals surface area contributed by atoms with Crippen LogP contribution in [0.5, 0.6) is 0 Å². The lowest BCUT2D eigenvalue weighted by Gasteiger charge is -2.26. The monoisotopic (exact) mass is 349 g/mol. The van der Waals surface area contributed by atoms with Crippen molar-refractivity contribution in [3.63, 3.8) is 0 Å². The van der Waals surface area contributed by atoms with Gasteiger partial charge in [-0.25, -0.2) is 0 Å². The van der Waals surface area contributed by atoms with Crippen LogP contribution in [0.25, 0.3) is 0 Å². The van der Waals surface area contributed by atoms with Gasteiger partial charge < -0.3 is 10.6 Å². The lowest BCUT2D eigenvalue weighted by atomic mass is 10.1. The SMILES string of the molecule is CCN(Cc1ccncc1)c1cc(Br)ccc1C(N)=S. The Bertz CT molecular complexity index is 601. The second-order valence-electron chi connectivity index (χ2n) is 4.40. The van der Waals surface area contributed by atoms with E-state index >= 15 is 0 Å². The molecule has 0 saturated heterocycles. The van der Waals surface area contributed by atoms with Gasteiger partial charge in [0.15, 0.2) is 0 Å². The first-order valence-electron chi connectivity index (χ1n) is 6.35. The fourth-order valence-electron chi connectivity index (χ4n) is 2.05. The summed E-state index contributed by atoms with van der Waals surface area (Å²) in [7, 11) is 0. The molecule has 0 unspecified atom stereocenters. The molecule has 0 bridgehead atoms. The molecule has 104 valence electrons. The molecule has 0 spiro atoms. The smallest absolute Gasteiger partial charge is 0.106 e. The largest absolute Gasteiger partial charge is 0.389 e. The number of rotatable bonds is 5. The molecule has 1 aromatic heterocycles. The number of thiocarbonyl (C=S) groups is 1. The number of aromatic nitrogens is 1. The van der Waals surface area contributed by atoms with Gasteiger partial charge in [0.1, 0.15) is 4.99 Å². The van der Waals surface area contributed by atoms with Crippen LogP contribution in [0.3, 0.4) is 0 Å². The van der Waals surface area contributed by atoms with E-state index in [2.05, 4.69) is 38.8 Å². The summed E-state index contributed by atoms with van der Waals surface area (Å²) >= 11 is 8.66. The molecule has 20 heavy (non-hydrogen) atoms. The highest BCUT2D eigenvalue weighted by atomic mass is 79.9. The van der Waals surface area contributed by atoms with Crippen LogP contribution in [0.2, 0.25) is 0 Å². The fraction of sp³-hybridized carbons (Fsp3) is 0.200. The number of nitrogens with two attached hydrogens (primary N) is 1. The number of benzene rings is 1. The lowest BCUT2D eigenvalue weighted by molar-refractivity contribution is 0.829. The lowest BCUT2D eigenvalue weighted by Crippen LogP contribution is -2.25. The van der Waals surface area contributed by atoms with Crippen molar-refractivity contribution in [3.8, 4) is 0 Å². The number of hydrogen-bond acceptors (Lipinski definition) is 3. The van der Waals surface area contributed by atoms with Crippen molar-refractivity contribution in [1.29, 1.82) is 0 Å². The molecule has 0 amide bonds. The summed E-state index contributed by atoms with van der Waals surface area (Å²) in [6, 6.07) is 10.00. The van der Waals surface area contributed by atoms with Crippen LogP contribution in [-0.4, -0.2) is 16.5 Å². The highest BCUT2D eigenvalue weighted by Crippen LogP contribution is 2.26. The first-order chi connectivity index (χ1) is 9.61. The van der Waals surface area contributed by atoms with Gasteiger partial charge in [-0.2, -0.15) is 0 Å². The van der Waals surface area contributed by atoms with Gasteiger partial charge in [0, 0.05) is 41.2 Å². The average Bonchev–Trinajstić information content (AvgIpc) is 2.45. The third-order valence-corrected chi connectivity index (χ3v) is 3.78. The van der Waals surface area contributed by atoms with E-state index in [9.17, 15) is 0 Å². The van der Waals surface area contributed by atoms with Gasteiger partial charge in [0.05, 0.1) is 0 Å². The van der Waals surface area contributed by atoms with E-state index in [0.29, 0.717) is 4.99 Å². The summed E-state index contributed by atoms with van der Waals surface area (Å²) in [6.07, 6.45) is 3.61. The van der Waals surface area contributed by atoms with Gasteiger partial charge in [-0.1, -0.05) is 28.1 Å². The molecule has 2 N–H and O–H groups in total. The zero-order valence-corrected chi connectivity index (χ0v) is 13.6. The molecule has 2 rings (SSSR count). The Morgan fingerprint density at radius 1 is 1.30 bits per heavy atom. The number of nitrogens with zero attached hydrogens (tertiary/aromatic N) is 2. The Labute approximate surface area is 132 Å². The summed E-state index contributed by atoms with van der Waals surface area (Å²) in [4.78, 5) is 6.71. The van der Waals surface area contributed by atoms with Crippen molar-refractivity contribution >= 4 is 38.8 Å². The maximum absolute atomic E-state index is 5.83. The van der Waals surface area contributed by atoms with Gasteiger partial charge in [0.2, 0.25) is 0 Å². The fourth-order valence-corrected chi connectivity index (χ4v) is 2.57. The first kappa shape index (κ1) is 14.9. The third kappa shape index (κ3) is 3.55. The molecular weight excluding hydrogens is 334 g/mol. The first-order valence-corrected chi connectivity index (χ1v) is 7.55. The Hall–Kier alpha value is -1.46. The highest BCUT2D eigenvalue weighted by molar-refractivity contribution is 9.10. The Balaban J connectivity index is 2.36. The standard InChI is InChI=1S/C15H16BrN3S/c1-2-19(10-11-5-7-18-8-6-11)14-9-12(16)3-4-13(14)15(17)20/h3-9H,2,10H2,1H3,(H2,17,20). The van der Waals surface area contributed by atoms with Crippen LogP contribution in [-0.2, 0) is 6.54 Å². The van der Waals surface area contributed by atoms with E-state index < -0.39 is 0 Å². The molecule has 1 aromatic carbocycles. The molecule has 3 nitrogen and oxygen atoms in total. The number of pyridine rings is 1. The molecule has 0 saturated carbocycles. The molecular formula is C15H16BrN3S. The molecule has 0 fully saturated rings. The van der Waals surface area contributed by atoms with E-state index in [1.54, 1.807) is 12.4 Å². The van der Waals surface area contributed by atoms with Gasteiger partial charge in [-0.3, -0.25) is 4.98 Å². The van der Waals surface area contributed by atoms with Crippen LogP contribution in [0.4, 0.5) is 5.69 Å². The topological polar surface area (TPSA) is 42.2 Å². The number of hydrogen-bond donors (Lipinski definition) is 1. The van der Waals surface area contributed by atoms with Crippen LogP contribution in [0, 0.1) is 0 Å². The Morgan fingerprint density at radius 3 is 2.60 bits per heavy atom. The molecule has 0 aliphatic rings. The van der Waals surface area contributed by atoms with Crippen LogP contribution < -0.4 is 10.6 Å². The Morgan fingerprint density at radius 2 is 2.00 bits per heavy atom. The summed E-state index contributed by atoms with van der Waals surface area (Å²) in [6.45, 7) is 3.78. The molecule has 0 aliphatic heterocycles. The second-order valence-corrected chi connectivity index (χ2v) is 5.75. The van der Waals surface area contributed by atoms with E-state index in [1.165, 1.54) is 5.56 Å². The zero-order chi connectivity index (χ0) is 14.5. The predicted molar refractivity (Wildman–Crippen MR) is 91.0 cm³/mol. The van der Waals surface area contributed by atoms with Crippen LogP contribution in [0.1, 0.15) is 18.1 Å². The summed E-state index contributed by atoms with van der Waals surface area (Å²) in [5.41, 5.74) is 8.98. The van der Waals surface area contributed by atoms with Crippen LogP contribution >= 0.6 is 28.1 Å². The highest BCUT2D eigenvalue weighted by Gasteiger charge is 2.12. The van der Waals surface area contributed by atoms with Gasteiger partial charge in [0.25, 0.3) is 0 Å². The van der Waals surface area contributed by atoms with E-state index in [0.717, 1.165) is 28.8 Å². The van der Waals surface area contributed by atoms with Gasteiger partial charge in [-0.15, -0.1) is 0 Å². The quantitative estimate of drug-likeness (QED) is 0.838. The molecule has 1 heterocycles. The minimum absolute atomic E-state index is 0.417. The minimum Gasteiger partial charge on any atom is -0.389 e. The van der Waals surface area contributed by atoms with Gasteiger partial charge >= 0.3 is 0 Å². The van der Waals surface area contributed by atoms with Crippen molar-refractivity contribution < 1.29 is 0 Å². The van der Waals surface area contributed by atoms with Crippen molar-refractivity contribution in [2.45, 2.75) is 13.5 Å². The van der Waals surface area contributed by atoms with Crippen molar-refractivity contribution in [3.05, 3.63) is 58.3 Å². The van der Waals surface area contributed by atoms with Gasteiger partial charge in [-0.05, 0) is 42.8 Å². The molecule has 5 heteroatoms. The average molecular weight is 350 g/mol.